The second-order valence-corrected chi connectivity index (χ2v) is 23.6. The number of aromatic amines is 2. The minimum atomic E-state index is -1.52. The fraction of sp³-hybridized carbons (Fsp3) is 0.524. The number of imidazole rings is 1. The number of aliphatic imine (C=N–C) groups is 1. The number of carbonyl (C=O) groups excluding carboxylic acids is 11. The molecule has 0 radical (unpaired) electrons. The van der Waals surface area contributed by atoms with Crippen molar-refractivity contribution < 1.29 is 62.6 Å². The number of fused-ring (bicyclic) bond motifs is 1. The number of rotatable bonds is 40. The Hall–Kier alpha value is -9.94. The summed E-state index contributed by atoms with van der Waals surface area (Å²) in [7, 11) is 0. The van der Waals surface area contributed by atoms with Crippen LogP contribution in [0.15, 0.2) is 78.3 Å². The van der Waals surface area contributed by atoms with Crippen molar-refractivity contribution in [3.8, 4) is 0 Å². The maximum absolute atomic E-state index is 14.9. The number of H-pyrrole nitrogens is 2. The number of nitrogens with zero attached hydrogens (tertiary/aromatic N) is 3. The molecule has 0 spiro atoms. The summed E-state index contributed by atoms with van der Waals surface area (Å²) in [6.07, 6.45) is 5.95. The van der Waals surface area contributed by atoms with Gasteiger partial charge in [-0.3, -0.25) is 62.5 Å². The summed E-state index contributed by atoms with van der Waals surface area (Å²) in [5.41, 5.74) is 24.8. The number of nitrogens with two attached hydrogens (primary N) is 4. The standard InChI is InChI=1S/C63H92N18O13/c1-5-6-19-43(73-37(4)82)56(88)76-45(24-25-52(84)85)58(90)79-49(31-40-33-68-35-72-40)60(92)77-47(29-38-16-8-7-9-17-38)59(91)75-44(22-14-27-69-63(66)67)57(89)78-48(30-39-32-70-42-20-11-10-18-41(39)42)55(87)71-34-51(83)74-46(21-12-13-26-64)62(94)81-28-15-23-50(81)61(93)80-53(36(2)3)54(65)86/h7-11,16-18,20,32-33,35-36,43-50,53,70H,5-6,12-15,19,21-31,34,64H2,1-4H3,(H2,65,86)(H,68,72)(H,71,87)(H,73,82)(H,74,83)(H,75,91)(H,76,88)(H,77,92)(H,78,89)(H,79,90)(H,80,93)(H,84,85)(H4,66,67,69)/t43-,44-,45-,46-,47-,48-,49-,50-,53-/m0/s1. The number of carboxylic acid groups (broad SMARTS) is 1. The lowest BCUT2D eigenvalue weighted by Crippen LogP contribution is -2.60. The summed E-state index contributed by atoms with van der Waals surface area (Å²) in [5, 5.41) is 34.3. The van der Waals surface area contributed by atoms with E-state index in [0.29, 0.717) is 72.8 Å². The molecule has 0 bridgehead atoms. The van der Waals surface area contributed by atoms with Gasteiger partial charge in [-0.05, 0) is 87.4 Å². The highest BCUT2D eigenvalue weighted by molar-refractivity contribution is 5.99. The number of guanidine groups is 1. The Balaban J connectivity index is 1.43. The molecule has 94 heavy (non-hydrogen) atoms. The molecule has 20 N–H and O–H groups in total. The third kappa shape index (κ3) is 24.3. The fourth-order valence-corrected chi connectivity index (χ4v) is 10.8. The van der Waals surface area contributed by atoms with Gasteiger partial charge in [0.1, 0.15) is 54.4 Å². The molecule has 4 aromatic rings. The number of unbranched alkanes of at least 4 members (excludes halogenated alkanes) is 2. The minimum Gasteiger partial charge on any atom is -0.481 e. The lowest BCUT2D eigenvalue weighted by Gasteiger charge is -2.30. The first-order valence-corrected chi connectivity index (χ1v) is 31.7. The molecular weight excluding hydrogens is 1220 g/mol. The molecule has 1 aliphatic rings. The van der Waals surface area contributed by atoms with Crippen molar-refractivity contribution in [2.24, 2.45) is 33.8 Å². The summed E-state index contributed by atoms with van der Waals surface area (Å²) in [6, 6.07) is 4.08. The van der Waals surface area contributed by atoms with Gasteiger partial charge in [0, 0.05) is 74.7 Å². The van der Waals surface area contributed by atoms with E-state index < -0.39 is 145 Å². The zero-order valence-electron chi connectivity index (χ0n) is 53.6. The van der Waals surface area contributed by atoms with Gasteiger partial charge in [-0.25, -0.2) is 4.98 Å². The van der Waals surface area contributed by atoms with Crippen LogP contribution in [0.25, 0.3) is 10.9 Å². The summed E-state index contributed by atoms with van der Waals surface area (Å²) in [6.45, 7) is 6.32. The predicted octanol–water partition coefficient (Wildman–Crippen LogP) is -1.70. The van der Waals surface area contributed by atoms with Gasteiger partial charge in [-0.2, -0.15) is 0 Å². The number of amides is 11. The average Bonchev–Trinajstić information content (AvgIpc) is 1.64. The molecule has 0 saturated carbocycles. The molecule has 0 unspecified atom stereocenters. The second kappa shape index (κ2) is 38.2. The van der Waals surface area contributed by atoms with Crippen molar-refractivity contribution in [3.05, 3.63) is 90.1 Å². The maximum Gasteiger partial charge on any atom is 0.303 e. The number of benzene rings is 2. The van der Waals surface area contributed by atoms with Gasteiger partial charge < -0.3 is 90.8 Å². The molecule has 31 nitrogen and oxygen atoms in total. The van der Waals surface area contributed by atoms with Gasteiger partial charge in [0.05, 0.1) is 12.9 Å². The predicted molar refractivity (Wildman–Crippen MR) is 347 cm³/mol. The summed E-state index contributed by atoms with van der Waals surface area (Å²) in [4.78, 5) is 180. The molecule has 0 aliphatic carbocycles. The second-order valence-electron chi connectivity index (χ2n) is 23.6. The summed E-state index contributed by atoms with van der Waals surface area (Å²) >= 11 is 0. The molecule has 512 valence electrons. The number of para-hydroxylation sites is 1. The van der Waals surface area contributed by atoms with Gasteiger partial charge in [-0.1, -0.05) is 82.1 Å². The minimum absolute atomic E-state index is 0.00865. The van der Waals surface area contributed by atoms with E-state index in [9.17, 15) is 62.6 Å². The van der Waals surface area contributed by atoms with Crippen molar-refractivity contribution in [3.63, 3.8) is 0 Å². The zero-order chi connectivity index (χ0) is 68.9. The number of aromatic nitrogens is 3. The molecule has 31 heteroatoms. The lowest BCUT2D eigenvalue weighted by molar-refractivity contribution is -0.142. The maximum atomic E-state index is 14.9. The molecule has 3 heterocycles. The van der Waals surface area contributed by atoms with Gasteiger partial charge >= 0.3 is 5.97 Å². The Morgan fingerprint density at radius 3 is 1.84 bits per heavy atom. The smallest absolute Gasteiger partial charge is 0.303 e. The Morgan fingerprint density at radius 2 is 1.24 bits per heavy atom. The van der Waals surface area contributed by atoms with Crippen LogP contribution < -0.4 is 70.8 Å². The van der Waals surface area contributed by atoms with E-state index in [1.807, 2.05) is 13.0 Å². The largest absolute Gasteiger partial charge is 0.481 e. The van der Waals surface area contributed by atoms with Crippen molar-refractivity contribution in [1.29, 1.82) is 0 Å². The Morgan fingerprint density at radius 1 is 0.660 bits per heavy atom. The molecule has 11 amide bonds. The molecule has 1 aliphatic heterocycles. The first-order valence-electron chi connectivity index (χ1n) is 31.7. The monoisotopic (exact) mass is 1310 g/mol. The van der Waals surface area contributed by atoms with Crippen molar-refractivity contribution in [2.45, 2.75) is 178 Å². The molecule has 2 aromatic carbocycles. The van der Waals surface area contributed by atoms with Crippen molar-refractivity contribution in [2.75, 3.05) is 26.2 Å². The third-order valence-electron chi connectivity index (χ3n) is 15.8. The van der Waals surface area contributed by atoms with Crippen LogP contribution in [0.2, 0.25) is 0 Å². The van der Waals surface area contributed by atoms with Crippen LogP contribution in [0.5, 0.6) is 0 Å². The van der Waals surface area contributed by atoms with E-state index in [-0.39, 0.29) is 69.9 Å². The van der Waals surface area contributed by atoms with Crippen LogP contribution in [-0.4, -0.2) is 182 Å². The highest BCUT2D eigenvalue weighted by atomic mass is 16.4. The number of carbonyl (C=O) groups is 12. The van der Waals surface area contributed by atoms with Crippen molar-refractivity contribution in [1.82, 2.24) is 67.7 Å². The van der Waals surface area contributed by atoms with E-state index in [1.54, 1.807) is 68.6 Å². The average molecular weight is 1310 g/mol. The Labute approximate surface area is 544 Å². The Kier molecular flexibility index (Phi) is 30.4. The van der Waals surface area contributed by atoms with Crippen LogP contribution in [-0.2, 0) is 76.8 Å². The molecular formula is C63H92N18O13. The molecule has 2 aromatic heterocycles. The summed E-state index contributed by atoms with van der Waals surface area (Å²) < 4.78 is 0. The first kappa shape index (κ1) is 74.8. The van der Waals surface area contributed by atoms with Crippen LogP contribution in [0.1, 0.15) is 122 Å². The van der Waals surface area contributed by atoms with E-state index in [2.05, 4.69) is 67.8 Å². The number of aliphatic carboxylic acids is 1. The number of likely N-dealkylation sites (tertiary alicyclic amines) is 1. The molecule has 9 atom stereocenters. The number of primary amides is 1. The lowest BCUT2D eigenvalue weighted by atomic mass is 10.0. The fourth-order valence-electron chi connectivity index (χ4n) is 10.8. The van der Waals surface area contributed by atoms with E-state index in [1.165, 1.54) is 24.3 Å². The topological polar surface area (TPSA) is 497 Å². The number of nitrogens with one attached hydrogen (secondary N) is 11. The number of hydrogen-bond acceptors (Lipinski definition) is 15. The van der Waals surface area contributed by atoms with E-state index in [4.69, 9.17) is 22.9 Å². The van der Waals surface area contributed by atoms with Crippen LogP contribution in [0.4, 0.5) is 0 Å². The van der Waals surface area contributed by atoms with Gasteiger partial charge in [0.2, 0.25) is 65.0 Å². The first-order chi connectivity index (χ1) is 44.9. The highest BCUT2D eigenvalue weighted by Crippen LogP contribution is 2.22. The van der Waals surface area contributed by atoms with Gasteiger partial charge in [0.25, 0.3) is 0 Å². The quantitative estimate of drug-likeness (QED) is 0.0134. The van der Waals surface area contributed by atoms with Crippen LogP contribution in [0, 0.1) is 5.92 Å². The van der Waals surface area contributed by atoms with Crippen molar-refractivity contribution >= 4 is 87.8 Å². The number of carboxylic acids is 1. The normalized spacial score (nSPS) is 15.3. The number of hydrogen-bond donors (Lipinski definition) is 16. The molecule has 1 saturated heterocycles. The SMILES string of the molecule is CCCC[C@H](NC(C)=O)C(=O)N[C@@H](CCC(=O)O)C(=O)N[C@@H](Cc1cnc[nH]1)C(=O)N[C@@H](Cc1ccccc1)C(=O)N[C@@H](CCCN=C(N)N)C(=O)N[C@@H](Cc1c[nH]c2ccccc12)C(=O)NCC(=O)N[C@@H](CCCCN)C(=O)N1CCC[C@H]1C(=O)N[C@H](C(N)=O)C(C)C. The molecule has 1 fully saturated rings. The van der Waals surface area contributed by atoms with Gasteiger partial charge in [0.15, 0.2) is 5.96 Å². The Bertz CT molecular complexity index is 3250. The van der Waals surface area contributed by atoms with E-state index >= 15 is 0 Å². The third-order valence-corrected chi connectivity index (χ3v) is 15.8. The van der Waals surface area contributed by atoms with Crippen LogP contribution in [0.3, 0.4) is 0 Å². The van der Waals surface area contributed by atoms with Gasteiger partial charge in [-0.15, -0.1) is 0 Å². The summed E-state index contributed by atoms with van der Waals surface area (Å²) in [5.74, 6) is -10.3. The molecule has 5 rings (SSSR count). The highest BCUT2D eigenvalue weighted by Gasteiger charge is 2.40. The van der Waals surface area contributed by atoms with E-state index in [0.717, 1.165) is 0 Å². The van der Waals surface area contributed by atoms with Crippen LogP contribution >= 0.6 is 0 Å². The zero-order valence-corrected chi connectivity index (χ0v) is 53.6.